The van der Waals surface area contributed by atoms with Crippen LogP contribution in [-0.4, -0.2) is 15.0 Å². The first-order valence-electron chi connectivity index (χ1n) is 16.1. The highest BCUT2D eigenvalue weighted by Crippen LogP contribution is 2.44. The van der Waals surface area contributed by atoms with E-state index in [1.54, 1.807) is 0 Å². The van der Waals surface area contributed by atoms with Gasteiger partial charge in [0.1, 0.15) is 0 Å². The molecule has 3 nitrogen and oxygen atoms in total. The summed E-state index contributed by atoms with van der Waals surface area (Å²) in [6, 6.07) is 50.4. The van der Waals surface area contributed by atoms with Crippen LogP contribution < -0.4 is 0 Å². The standard InChI is InChI=1S/C45H29N3/c1-3-10-42-40(8-1)44(33-15-12-30(13-16-33)38-26-39(29-48-28-38)32-18-21-46-22-19-32)41-9-2-4-11-43(41)45(42)36-7-5-6-34(24-36)35-17-14-31-20-23-47-27-37(31)25-35/h1-29H. The molecule has 0 N–H and O–H groups in total. The van der Waals surface area contributed by atoms with Crippen LogP contribution in [-0.2, 0) is 0 Å². The second-order valence-corrected chi connectivity index (χ2v) is 12.1. The molecule has 0 fully saturated rings. The second-order valence-electron chi connectivity index (χ2n) is 12.1. The summed E-state index contributed by atoms with van der Waals surface area (Å²) in [4.78, 5) is 13.1. The van der Waals surface area contributed by atoms with E-state index in [-0.39, 0.29) is 0 Å². The van der Waals surface area contributed by atoms with Crippen LogP contribution in [0.1, 0.15) is 0 Å². The van der Waals surface area contributed by atoms with Gasteiger partial charge in [0, 0.05) is 53.7 Å². The van der Waals surface area contributed by atoms with Gasteiger partial charge in [0.2, 0.25) is 0 Å². The fraction of sp³-hybridized carbons (Fsp3) is 0. The molecular weight excluding hydrogens is 583 g/mol. The lowest BCUT2D eigenvalue weighted by Gasteiger charge is -2.18. The molecule has 0 spiro atoms. The molecule has 0 amide bonds. The highest BCUT2D eigenvalue weighted by Gasteiger charge is 2.17. The van der Waals surface area contributed by atoms with Gasteiger partial charge in [-0.05, 0) is 108 Å². The molecule has 48 heavy (non-hydrogen) atoms. The number of pyridine rings is 3. The van der Waals surface area contributed by atoms with Crippen molar-refractivity contribution < 1.29 is 0 Å². The van der Waals surface area contributed by atoms with E-state index < -0.39 is 0 Å². The van der Waals surface area contributed by atoms with Crippen molar-refractivity contribution in [2.24, 2.45) is 0 Å². The highest BCUT2D eigenvalue weighted by atomic mass is 14.6. The van der Waals surface area contributed by atoms with Gasteiger partial charge in [-0.1, -0.05) is 103 Å². The lowest BCUT2D eigenvalue weighted by Crippen LogP contribution is -1.91. The number of nitrogens with zero attached hydrogens (tertiary/aromatic N) is 3. The van der Waals surface area contributed by atoms with Gasteiger partial charge >= 0.3 is 0 Å². The number of hydrogen-bond acceptors (Lipinski definition) is 3. The monoisotopic (exact) mass is 611 g/mol. The van der Waals surface area contributed by atoms with Crippen molar-refractivity contribution in [3.63, 3.8) is 0 Å². The van der Waals surface area contributed by atoms with Crippen LogP contribution in [0.3, 0.4) is 0 Å². The van der Waals surface area contributed by atoms with Crippen LogP contribution in [0.2, 0.25) is 0 Å². The Labute approximate surface area is 278 Å². The summed E-state index contributed by atoms with van der Waals surface area (Å²) in [7, 11) is 0. The van der Waals surface area contributed by atoms with E-state index in [1.807, 2.05) is 49.3 Å². The third-order valence-electron chi connectivity index (χ3n) is 9.32. The van der Waals surface area contributed by atoms with Crippen molar-refractivity contribution in [2.45, 2.75) is 0 Å². The van der Waals surface area contributed by atoms with Crippen LogP contribution in [0.25, 0.3) is 88.0 Å². The molecule has 0 unspecified atom stereocenters. The molecule has 9 aromatic rings. The molecule has 6 aromatic carbocycles. The smallest absolute Gasteiger partial charge is 0.0346 e. The van der Waals surface area contributed by atoms with Crippen molar-refractivity contribution in [2.75, 3.05) is 0 Å². The molecule has 3 heteroatoms. The topological polar surface area (TPSA) is 38.7 Å². The quantitative estimate of drug-likeness (QED) is 0.182. The minimum absolute atomic E-state index is 1.08. The summed E-state index contributed by atoms with van der Waals surface area (Å²) in [6.07, 6.45) is 11.2. The van der Waals surface area contributed by atoms with E-state index in [9.17, 15) is 0 Å². The van der Waals surface area contributed by atoms with Gasteiger partial charge in [-0.3, -0.25) is 15.0 Å². The average Bonchev–Trinajstić information content (AvgIpc) is 3.17. The molecule has 0 aliphatic rings. The van der Waals surface area contributed by atoms with Gasteiger partial charge in [0.25, 0.3) is 0 Å². The normalized spacial score (nSPS) is 11.3. The largest absolute Gasteiger partial charge is 0.265 e. The fourth-order valence-electron chi connectivity index (χ4n) is 7.00. The van der Waals surface area contributed by atoms with Crippen molar-refractivity contribution >= 4 is 32.3 Å². The van der Waals surface area contributed by atoms with Crippen molar-refractivity contribution in [3.8, 4) is 55.6 Å². The predicted octanol–water partition coefficient (Wildman–Crippen LogP) is 11.7. The van der Waals surface area contributed by atoms with Gasteiger partial charge in [-0.15, -0.1) is 0 Å². The summed E-state index contributed by atoms with van der Waals surface area (Å²) < 4.78 is 0. The maximum absolute atomic E-state index is 4.55. The number of benzene rings is 6. The molecule has 0 bridgehead atoms. The predicted molar refractivity (Wildman–Crippen MR) is 200 cm³/mol. The molecular formula is C45H29N3. The van der Waals surface area contributed by atoms with Crippen LogP contribution in [0.5, 0.6) is 0 Å². The first kappa shape index (κ1) is 27.8. The summed E-state index contributed by atoms with van der Waals surface area (Å²) >= 11 is 0. The summed E-state index contributed by atoms with van der Waals surface area (Å²) in [6.45, 7) is 0. The molecule has 0 aliphatic carbocycles. The Kier molecular flexibility index (Phi) is 6.80. The van der Waals surface area contributed by atoms with E-state index in [0.717, 1.165) is 27.6 Å². The molecule has 224 valence electrons. The van der Waals surface area contributed by atoms with E-state index >= 15 is 0 Å². The zero-order valence-corrected chi connectivity index (χ0v) is 26.1. The van der Waals surface area contributed by atoms with E-state index in [4.69, 9.17) is 0 Å². The average molecular weight is 612 g/mol. The fourth-order valence-corrected chi connectivity index (χ4v) is 7.00. The number of hydrogen-bond donors (Lipinski definition) is 0. The van der Waals surface area contributed by atoms with Crippen molar-refractivity contribution in [1.29, 1.82) is 0 Å². The third kappa shape index (κ3) is 4.90. The van der Waals surface area contributed by atoms with Gasteiger partial charge in [0.05, 0.1) is 0 Å². The highest BCUT2D eigenvalue weighted by molar-refractivity contribution is 6.21. The zero-order valence-electron chi connectivity index (χ0n) is 26.1. The third-order valence-corrected chi connectivity index (χ3v) is 9.32. The Bertz CT molecular complexity index is 2550. The Balaban J connectivity index is 1.17. The SMILES string of the molecule is c1cc(-c2ccc3ccncc3c2)cc(-c2c3ccccc3c(-c3ccc(-c4cncc(-c5ccncc5)c4)cc3)c3ccccc23)c1. The minimum Gasteiger partial charge on any atom is -0.265 e. The Morgan fingerprint density at radius 1 is 0.271 bits per heavy atom. The number of aromatic nitrogens is 3. The molecule has 3 aromatic heterocycles. The molecule has 0 saturated carbocycles. The minimum atomic E-state index is 1.08. The zero-order chi connectivity index (χ0) is 31.9. The Morgan fingerprint density at radius 2 is 0.792 bits per heavy atom. The number of rotatable bonds is 5. The molecule has 3 heterocycles. The Hall–Kier alpha value is -6.45. The summed E-state index contributed by atoms with van der Waals surface area (Å²) in [5, 5.41) is 7.30. The molecule has 0 radical (unpaired) electrons. The Morgan fingerprint density at radius 3 is 1.48 bits per heavy atom. The van der Waals surface area contributed by atoms with Crippen molar-refractivity contribution in [1.82, 2.24) is 15.0 Å². The van der Waals surface area contributed by atoms with E-state index in [2.05, 4.69) is 142 Å². The van der Waals surface area contributed by atoms with Gasteiger partial charge < -0.3 is 0 Å². The number of fused-ring (bicyclic) bond motifs is 3. The van der Waals surface area contributed by atoms with E-state index in [1.165, 1.54) is 60.3 Å². The molecule has 9 rings (SSSR count). The lowest BCUT2D eigenvalue weighted by molar-refractivity contribution is 1.30. The summed E-state index contributed by atoms with van der Waals surface area (Å²) in [5.74, 6) is 0. The first-order valence-corrected chi connectivity index (χ1v) is 16.1. The van der Waals surface area contributed by atoms with Gasteiger partial charge in [-0.2, -0.15) is 0 Å². The van der Waals surface area contributed by atoms with Crippen LogP contribution in [0, 0.1) is 0 Å². The maximum Gasteiger partial charge on any atom is 0.0346 e. The molecule has 0 saturated heterocycles. The maximum atomic E-state index is 4.55. The van der Waals surface area contributed by atoms with Crippen LogP contribution in [0.4, 0.5) is 0 Å². The van der Waals surface area contributed by atoms with E-state index in [0.29, 0.717) is 0 Å². The van der Waals surface area contributed by atoms with Crippen LogP contribution in [0.15, 0.2) is 177 Å². The van der Waals surface area contributed by atoms with Crippen molar-refractivity contribution in [3.05, 3.63) is 177 Å². The first-order chi connectivity index (χ1) is 23.8. The van der Waals surface area contributed by atoms with Gasteiger partial charge in [0.15, 0.2) is 0 Å². The summed E-state index contributed by atoms with van der Waals surface area (Å²) in [5.41, 5.74) is 11.7. The van der Waals surface area contributed by atoms with Gasteiger partial charge in [-0.25, -0.2) is 0 Å². The molecule has 0 aliphatic heterocycles. The van der Waals surface area contributed by atoms with Crippen LogP contribution >= 0.6 is 0 Å². The lowest BCUT2D eigenvalue weighted by atomic mass is 9.85. The second kappa shape index (κ2) is 11.7. The molecule has 0 atom stereocenters.